The van der Waals surface area contributed by atoms with Crippen LogP contribution in [0.15, 0.2) is 4.52 Å². The molecule has 0 bridgehead atoms. The smallest absolute Gasteiger partial charge is 0.231 e. The first-order valence-electron chi connectivity index (χ1n) is 7.70. The van der Waals surface area contributed by atoms with E-state index in [9.17, 15) is 0 Å². The number of likely N-dealkylation sites (N-methyl/N-ethyl adjacent to an activating group) is 1. The molecule has 0 radical (unpaired) electrons. The molecule has 5 heteroatoms. The van der Waals surface area contributed by atoms with E-state index in [1.807, 2.05) is 14.0 Å². The van der Waals surface area contributed by atoms with Gasteiger partial charge in [-0.25, -0.2) is 0 Å². The van der Waals surface area contributed by atoms with Gasteiger partial charge in [-0.15, -0.1) is 0 Å². The van der Waals surface area contributed by atoms with Gasteiger partial charge in [-0.3, -0.25) is 0 Å². The van der Waals surface area contributed by atoms with E-state index in [1.54, 1.807) is 0 Å². The summed E-state index contributed by atoms with van der Waals surface area (Å²) in [5.41, 5.74) is 0. The van der Waals surface area contributed by atoms with Crippen molar-refractivity contribution in [3.05, 3.63) is 11.7 Å². The van der Waals surface area contributed by atoms with Gasteiger partial charge in [0.2, 0.25) is 11.7 Å². The Balaban J connectivity index is 2.17. The van der Waals surface area contributed by atoms with Crippen molar-refractivity contribution in [2.24, 2.45) is 11.8 Å². The van der Waals surface area contributed by atoms with Crippen molar-refractivity contribution in [1.82, 2.24) is 15.5 Å². The van der Waals surface area contributed by atoms with Crippen molar-refractivity contribution < 1.29 is 9.26 Å². The number of rotatable bonds is 8. The first kappa shape index (κ1) is 15.4. The summed E-state index contributed by atoms with van der Waals surface area (Å²) in [6.45, 7) is 9.21. The molecule has 1 aliphatic carbocycles. The predicted molar refractivity (Wildman–Crippen MR) is 77.5 cm³/mol. The van der Waals surface area contributed by atoms with E-state index in [1.165, 1.54) is 12.8 Å². The number of nitrogens with zero attached hydrogens (tertiary/aromatic N) is 2. The van der Waals surface area contributed by atoms with Crippen molar-refractivity contribution in [2.75, 3.05) is 13.7 Å². The van der Waals surface area contributed by atoms with Crippen LogP contribution in [-0.4, -0.2) is 29.8 Å². The lowest BCUT2D eigenvalue weighted by atomic mass is 9.89. The first-order valence-corrected chi connectivity index (χ1v) is 7.70. The first-order chi connectivity index (χ1) is 9.58. The molecule has 114 valence electrons. The van der Waals surface area contributed by atoms with Gasteiger partial charge in [-0.1, -0.05) is 19.0 Å². The Hall–Kier alpha value is -0.940. The lowest BCUT2D eigenvalue weighted by Gasteiger charge is -2.23. The summed E-state index contributed by atoms with van der Waals surface area (Å²) in [5, 5.41) is 7.46. The molecule has 5 nitrogen and oxygen atoms in total. The Morgan fingerprint density at radius 1 is 1.35 bits per heavy atom. The highest BCUT2D eigenvalue weighted by Gasteiger charge is 2.37. The van der Waals surface area contributed by atoms with E-state index >= 15 is 0 Å². The van der Waals surface area contributed by atoms with Crippen LogP contribution in [0.4, 0.5) is 0 Å². The Bertz CT molecular complexity index is 415. The van der Waals surface area contributed by atoms with E-state index < -0.39 is 0 Å². The quantitative estimate of drug-likeness (QED) is 0.794. The molecule has 3 unspecified atom stereocenters. The van der Waals surface area contributed by atoms with E-state index in [-0.39, 0.29) is 12.0 Å². The molecular weight excluding hydrogens is 254 g/mol. The van der Waals surface area contributed by atoms with E-state index in [2.05, 4.69) is 36.2 Å². The number of aromatic nitrogens is 2. The average molecular weight is 281 g/mol. The zero-order valence-electron chi connectivity index (χ0n) is 13.2. The third-order valence-corrected chi connectivity index (χ3v) is 4.11. The van der Waals surface area contributed by atoms with Gasteiger partial charge in [0, 0.05) is 12.6 Å². The second kappa shape index (κ2) is 6.68. The van der Waals surface area contributed by atoms with Gasteiger partial charge in [0.1, 0.15) is 6.10 Å². The number of nitrogens with one attached hydrogen (secondary N) is 1. The fourth-order valence-corrected chi connectivity index (χ4v) is 2.75. The maximum absolute atomic E-state index is 5.79. The molecule has 0 spiro atoms. The van der Waals surface area contributed by atoms with Crippen molar-refractivity contribution in [3.63, 3.8) is 0 Å². The topological polar surface area (TPSA) is 60.2 Å². The van der Waals surface area contributed by atoms with Crippen LogP contribution in [-0.2, 0) is 4.74 Å². The zero-order valence-corrected chi connectivity index (χ0v) is 13.2. The molecule has 3 atom stereocenters. The van der Waals surface area contributed by atoms with Gasteiger partial charge in [0.05, 0.1) is 5.92 Å². The van der Waals surface area contributed by atoms with Gasteiger partial charge >= 0.3 is 0 Å². The Morgan fingerprint density at radius 3 is 2.55 bits per heavy atom. The van der Waals surface area contributed by atoms with Crippen LogP contribution in [0.2, 0.25) is 0 Å². The number of ether oxygens (including phenoxy) is 1. The molecule has 1 heterocycles. The van der Waals surface area contributed by atoms with Crippen LogP contribution >= 0.6 is 0 Å². The summed E-state index contributed by atoms with van der Waals surface area (Å²) in [4.78, 5) is 4.64. The van der Waals surface area contributed by atoms with E-state index in [4.69, 9.17) is 9.26 Å². The minimum absolute atomic E-state index is 0.00945. The van der Waals surface area contributed by atoms with Gasteiger partial charge in [-0.2, -0.15) is 4.98 Å². The molecule has 0 aromatic carbocycles. The maximum atomic E-state index is 5.79. The SMILES string of the molecule is CCOC(c1noc(C(C(C)C)C(C)NC)n1)C1CC1. The highest BCUT2D eigenvalue weighted by atomic mass is 16.5. The molecule has 0 aliphatic heterocycles. The van der Waals surface area contributed by atoms with Crippen molar-refractivity contribution in [1.29, 1.82) is 0 Å². The van der Waals surface area contributed by atoms with Gasteiger partial charge in [-0.05, 0) is 45.6 Å². The third-order valence-electron chi connectivity index (χ3n) is 4.11. The van der Waals surface area contributed by atoms with Gasteiger partial charge < -0.3 is 14.6 Å². The zero-order chi connectivity index (χ0) is 14.7. The fourth-order valence-electron chi connectivity index (χ4n) is 2.75. The Kier molecular flexibility index (Phi) is 5.16. The van der Waals surface area contributed by atoms with Crippen LogP contribution in [0, 0.1) is 11.8 Å². The normalized spacial score (nSPS) is 20.1. The lowest BCUT2D eigenvalue weighted by Crippen LogP contribution is -2.32. The molecule has 1 aromatic heterocycles. The average Bonchev–Trinajstić information content (AvgIpc) is 3.15. The van der Waals surface area contributed by atoms with Gasteiger partial charge in [0.25, 0.3) is 0 Å². The molecule has 1 aromatic rings. The van der Waals surface area contributed by atoms with Crippen LogP contribution in [0.1, 0.15) is 64.3 Å². The summed E-state index contributed by atoms with van der Waals surface area (Å²) in [6.07, 6.45) is 2.42. The highest BCUT2D eigenvalue weighted by molar-refractivity contribution is 5.04. The molecule has 20 heavy (non-hydrogen) atoms. The summed E-state index contributed by atoms with van der Waals surface area (Å²) in [5.74, 6) is 2.68. The Labute approximate surface area is 121 Å². The summed E-state index contributed by atoms with van der Waals surface area (Å²) in [6, 6.07) is 0.301. The largest absolute Gasteiger partial charge is 0.370 e. The second-order valence-corrected chi connectivity index (χ2v) is 6.05. The summed E-state index contributed by atoms with van der Waals surface area (Å²) in [7, 11) is 1.96. The molecule has 1 aliphatic rings. The van der Waals surface area contributed by atoms with E-state index in [0.717, 1.165) is 11.7 Å². The summed E-state index contributed by atoms with van der Waals surface area (Å²) >= 11 is 0. The van der Waals surface area contributed by atoms with Crippen molar-refractivity contribution in [3.8, 4) is 0 Å². The third kappa shape index (κ3) is 3.38. The minimum atomic E-state index is 0.00945. The van der Waals surface area contributed by atoms with Crippen LogP contribution < -0.4 is 5.32 Å². The molecule has 0 saturated heterocycles. The van der Waals surface area contributed by atoms with E-state index in [0.29, 0.717) is 24.5 Å². The molecule has 1 N–H and O–H groups in total. The van der Waals surface area contributed by atoms with Crippen LogP contribution in [0.25, 0.3) is 0 Å². The minimum Gasteiger partial charge on any atom is -0.370 e. The standard InChI is InChI=1S/C15H27N3O2/c1-6-19-13(11-7-8-11)14-17-15(20-18-14)12(9(2)3)10(4)16-5/h9-13,16H,6-8H2,1-5H3. The molecular formula is C15H27N3O2. The lowest BCUT2D eigenvalue weighted by molar-refractivity contribution is 0.0384. The predicted octanol–water partition coefficient (Wildman–Crippen LogP) is 2.90. The second-order valence-electron chi connectivity index (χ2n) is 6.05. The van der Waals surface area contributed by atoms with Crippen molar-refractivity contribution in [2.45, 2.75) is 58.6 Å². The molecule has 0 amide bonds. The van der Waals surface area contributed by atoms with Crippen LogP contribution in [0.5, 0.6) is 0 Å². The Morgan fingerprint density at radius 2 is 2.05 bits per heavy atom. The molecule has 1 fully saturated rings. The maximum Gasteiger partial charge on any atom is 0.231 e. The monoisotopic (exact) mass is 281 g/mol. The van der Waals surface area contributed by atoms with Crippen LogP contribution in [0.3, 0.4) is 0 Å². The molecule has 1 saturated carbocycles. The number of hydrogen-bond acceptors (Lipinski definition) is 5. The van der Waals surface area contributed by atoms with Crippen molar-refractivity contribution >= 4 is 0 Å². The fraction of sp³-hybridized carbons (Fsp3) is 0.867. The molecule has 2 rings (SSSR count). The van der Waals surface area contributed by atoms with Gasteiger partial charge in [0.15, 0.2) is 0 Å². The summed E-state index contributed by atoms with van der Waals surface area (Å²) < 4.78 is 11.3. The highest BCUT2D eigenvalue weighted by Crippen LogP contribution is 2.42. The number of hydrogen-bond donors (Lipinski definition) is 1.